The predicted octanol–water partition coefficient (Wildman–Crippen LogP) is 2.75. The van der Waals surface area contributed by atoms with Crippen LogP contribution < -0.4 is 10.9 Å². The van der Waals surface area contributed by atoms with Crippen LogP contribution in [0.25, 0.3) is 0 Å². The molecule has 1 aromatic carbocycles. The topological polar surface area (TPSA) is 83.4 Å². The van der Waals surface area contributed by atoms with Crippen molar-refractivity contribution in [2.75, 3.05) is 13.1 Å². The van der Waals surface area contributed by atoms with E-state index in [0.717, 1.165) is 10.9 Å². The number of carbonyl (C=O) groups excluding carboxylic acids is 3. The van der Waals surface area contributed by atoms with E-state index in [2.05, 4.69) is 26.8 Å². The highest BCUT2D eigenvalue weighted by molar-refractivity contribution is 9.10. The van der Waals surface area contributed by atoms with Crippen LogP contribution in [-0.4, -0.2) is 40.3 Å². The summed E-state index contributed by atoms with van der Waals surface area (Å²) in [6.45, 7) is 0.897. The first-order valence-electron chi connectivity index (χ1n) is 8.82. The summed E-state index contributed by atoms with van der Waals surface area (Å²) in [7, 11) is 1.74. The van der Waals surface area contributed by atoms with Crippen molar-refractivity contribution in [2.24, 2.45) is 13.0 Å². The first kappa shape index (κ1) is 20.4. The predicted molar refractivity (Wildman–Crippen MR) is 109 cm³/mol. The Morgan fingerprint density at radius 1 is 1.18 bits per heavy atom. The maximum atomic E-state index is 12.6. The van der Waals surface area contributed by atoms with Gasteiger partial charge in [0.1, 0.15) is 5.69 Å². The van der Waals surface area contributed by atoms with E-state index in [1.54, 1.807) is 53.0 Å². The molecule has 28 heavy (non-hydrogen) atoms. The maximum Gasteiger partial charge on any atom is 0.286 e. The zero-order valence-electron chi connectivity index (χ0n) is 15.2. The van der Waals surface area contributed by atoms with E-state index < -0.39 is 5.91 Å². The summed E-state index contributed by atoms with van der Waals surface area (Å²) >= 11 is 9.17. The number of benzene rings is 1. The molecule has 1 aromatic heterocycles. The fourth-order valence-corrected chi connectivity index (χ4v) is 3.84. The summed E-state index contributed by atoms with van der Waals surface area (Å²) in [4.78, 5) is 39.0. The van der Waals surface area contributed by atoms with Gasteiger partial charge in [-0.1, -0.05) is 11.6 Å². The number of carbonyl (C=O) groups is 3. The van der Waals surface area contributed by atoms with E-state index in [4.69, 9.17) is 11.6 Å². The molecule has 0 aliphatic carbocycles. The van der Waals surface area contributed by atoms with Gasteiger partial charge in [-0.2, -0.15) is 0 Å². The lowest BCUT2D eigenvalue weighted by Crippen LogP contribution is -2.50. The van der Waals surface area contributed by atoms with Crippen LogP contribution in [0.15, 0.2) is 41.0 Å². The molecule has 0 saturated carbocycles. The number of rotatable bonds is 3. The molecule has 1 unspecified atom stereocenters. The van der Waals surface area contributed by atoms with Gasteiger partial charge in [0.15, 0.2) is 0 Å². The molecule has 3 rings (SSSR count). The molecular formula is C19H20BrClN4O3. The Hall–Kier alpha value is -2.32. The van der Waals surface area contributed by atoms with E-state index in [0.29, 0.717) is 35.8 Å². The summed E-state index contributed by atoms with van der Waals surface area (Å²) in [5.41, 5.74) is 5.85. The minimum absolute atomic E-state index is 0.133. The second-order valence-electron chi connectivity index (χ2n) is 6.70. The summed E-state index contributed by atoms with van der Waals surface area (Å²) in [5.74, 6) is -1.24. The molecule has 1 aliphatic heterocycles. The SMILES string of the molecule is Cn1cc(Br)cc1C(=O)NNC(=O)C1CCCN(C(=O)c2ccc(Cl)cc2)C1. The highest BCUT2D eigenvalue weighted by atomic mass is 79.9. The second kappa shape index (κ2) is 8.79. The number of likely N-dealkylation sites (tertiary alicyclic amines) is 1. The Kier molecular flexibility index (Phi) is 6.41. The smallest absolute Gasteiger partial charge is 0.286 e. The van der Waals surface area contributed by atoms with Crippen LogP contribution in [0.5, 0.6) is 0 Å². The molecule has 3 amide bonds. The molecule has 1 saturated heterocycles. The van der Waals surface area contributed by atoms with Crippen LogP contribution >= 0.6 is 27.5 Å². The molecule has 0 radical (unpaired) electrons. The standard InChI is InChI=1S/C19H20BrClN4O3/c1-24-11-14(20)9-16(24)18(27)23-22-17(26)13-3-2-8-25(10-13)19(28)12-4-6-15(21)7-5-12/h4-7,9,11,13H,2-3,8,10H2,1H3,(H,22,26)(H,23,27). The van der Waals surface area contributed by atoms with Crippen LogP contribution in [0.4, 0.5) is 0 Å². The Bertz CT molecular complexity index is 897. The van der Waals surface area contributed by atoms with Crippen molar-refractivity contribution < 1.29 is 14.4 Å². The van der Waals surface area contributed by atoms with Gasteiger partial charge in [0.05, 0.1) is 5.92 Å². The van der Waals surface area contributed by atoms with Gasteiger partial charge in [0, 0.05) is 41.4 Å². The molecule has 2 N–H and O–H groups in total. The summed E-state index contributed by atoms with van der Waals surface area (Å²) in [6.07, 6.45) is 3.12. The minimum atomic E-state index is -0.411. The quantitative estimate of drug-likeness (QED) is 0.681. The van der Waals surface area contributed by atoms with Gasteiger partial charge < -0.3 is 9.47 Å². The van der Waals surface area contributed by atoms with E-state index in [1.165, 1.54) is 0 Å². The normalized spacial score (nSPS) is 16.5. The Labute approximate surface area is 176 Å². The van der Waals surface area contributed by atoms with Crippen LogP contribution in [0, 0.1) is 5.92 Å². The fraction of sp³-hybridized carbons (Fsp3) is 0.316. The monoisotopic (exact) mass is 466 g/mol. The third-order valence-corrected chi connectivity index (χ3v) is 5.36. The number of hydrogen-bond acceptors (Lipinski definition) is 3. The average molecular weight is 468 g/mol. The molecule has 2 aromatic rings. The number of hydrogen-bond donors (Lipinski definition) is 2. The third kappa shape index (κ3) is 4.74. The Balaban J connectivity index is 1.56. The highest BCUT2D eigenvalue weighted by Gasteiger charge is 2.29. The lowest BCUT2D eigenvalue weighted by molar-refractivity contribution is -0.127. The van der Waals surface area contributed by atoms with E-state index in [-0.39, 0.29) is 17.7 Å². The number of hydrazine groups is 1. The maximum absolute atomic E-state index is 12.6. The van der Waals surface area contributed by atoms with E-state index in [1.807, 2.05) is 0 Å². The van der Waals surface area contributed by atoms with Crippen molar-refractivity contribution >= 4 is 45.3 Å². The lowest BCUT2D eigenvalue weighted by Gasteiger charge is -2.32. The van der Waals surface area contributed by atoms with Gasteiger partial charge in [-0.15, -0.1) is 0 Å². The van der Waals surface area contributed by atoms with Gasteiger partial charge >= 0.3 is 0 Å². The third-order valence-electron chi connectivity index (χ3n) is 4.67. The average Bonchev–Trinajstić information content (AvgIpc) is 3.04. The fourth-order valence-electron chi connectivity index (χ4n) is 3.19. The van der Waals surface area contributed by atoms with Gasteiger partial charge in [-0.05, 0) is 59.1 Å². The van der Waals surface area contributed by atoms with E-state index in [9.17, 15) is 14.4 Å². The van der Waals surface area contributed by atoms with Crippen LogP contribution in [0.3, 0.4) is 0 Å². The zero-order chi connectivity index (χ0) is 20.3. The number of halogens is 2. The van der Waals surface area contributed by atoms with Crippen molar-refractivity contribution in [3.8, 4) is 0 Å². The first-order chi connectivity index (χ1) is 13.3. The number of piperidine rings is 1. The second-order valence-corrected chi connectivity index (χ2v) is 8.05. The number of nitrogens with zero attached hydrogens (tertiary/aromatic N) is 2. The molecular weight excluding hydrogens is 448 g/mol. The summed E-state index contributed by atoms with van der Waals surface area (Å²) < 4.78 is 2.42. The van der Waals surface area contributed by atoms with Crippen molar-refractivity contribution in [3.05, 3.63) is 57.3 Å². The van der Waals surface area contributed by atoms with Crippen molar-refractivity contribution in [1.29, 1.82) is 0 Å². The molecule has 9 heteroatoms. The molecule has 1 fully saturated rings. The van der Waals surface area contributed by atoms with Crippen LogP contribution in [0.2, 0.25) is 5.02 Å². The van der Waals surface area contributed by atoms with E-state index >= 15 is 0 Å². The summed E-state index contributed by atoms with van der Waals surface area (Å²) in [6, 6.07) is 8.34. The number of nitrogens with one attached hydrogen (secondary N) is 2. The van der Waals surface area contributed by atoms with Gasteiger partial charge in [-0.25, -0.2) is 0 Å². The number of amides is 3. The minimum Gasteiger partial charge on any atom is -0.345 e. The van der Waals surface area contributed by atoms with Crippen molar-refractivity contribution in [3.63, 3.8) is 0 Å². The highest BCUT2D eigenvalue weighted by Crippen LogP contribution is 2.20. The van der Waals surface area contributed by atoms with Gasteiger partial charge in [0.2, 0.25) is 5.91 Å². The molecule has 1 aliphatic rings. The van der Waals surface area contributed by atoms with Gasteiger partial charge in [-0.3, -0.25) is 25.2 Å². The van der Waals surface area contributed by atoms with Crippen molar-refractivity contribution in [2.45, 2.75) is 12.8 Å². The van der Waals surface area contributed by atoms with Gasteiger partial charge in [0.25, 0.3) is 11.8 Å². The van der Waals surface area contributed by atoms with Crippen LogP contribution in [-0.2, 0) is 11.8 Å². The molecule has 148 valence electrons. The summed E-state index contributed by atoms with van der Waals surface area (Å²) in [5, 5.41) is 0.563. The molecule has 0 bridgehead atoms. The Morgan fingerprint density at radius 3 is 2.54 bits per heavy atom. The zero-order valence-corrected chi connectivity index (χ0v) is 17.6. The number of aromatic nitrogens is 1. The molecule has 7 nitrogen and oxygen atoms in total. The lowest BCUT2D eigenvalue weighted by atomic mass is 9.96. The molecule has 2 heterocycles. The first-order valence-corrected chi connectivity index (χ1v) is 9.99. The van der Waals surface area contributed by atoms with Crippen LogP contribution in [0.1, 0.15) is 33.7 Å². The largest absolute Gasteiger partial charge is 0.345 e. The Morgan fingerprint density at radius 2 is 1.89 bits per heavy atom. The number of aryl methyl sites for hydroxylation is 1. The molecule has 0 spiro atoms. The van der Waals surface area contributed by atoms with Crippen molar-refractivity contribution in [1.82, 2.24) is 20.3 Å². The molecule has 1 atom stereocenters.